The molecule has 12 heteroatoms. The van der Waals surface area contributed by atoms with Crippen LogP contribution in [0.1, 0.15) is 55.5 Å². The predicted molar refractivity (Wildman–Crippen MR) is 127 cm³/mol. The van der Waals surface area contributed by atoms with Crippen LogP contribution in [0, 0.1) is 6.92 Å². The Hall–Kier alpha value is -2.96. The van der Waals surface area contributed by atoms with Crippen LogP contribution in [-0.2, 0) is 10.0 Å². The second kappa shape index (κ2) is 9.89. The van der Waals surface area contributed by atoms with Crippen LogP contribution >= 0.6 is 0 Å². The fourth-order valence-corrected chi connectivity index (χ4v) is 5.06. The molecule has 180 valence electrons. The zero-order valence-electron chi connectivity index (χ0n) is 18.9. The Balaban J connectivity index is 2.00. The number of nitrogens with zero attached hydrogens (tertiary/aromatic N) is 1. The molecule has 2 aromatic rings. The Morgan fingerprint density at radius 1 is 1.24 bits per heavy atom. The number of aromatic nitrogens is 2. The summed E-state index contributed by atoms with van der Waals surface area (Å²) in [6.45, 7) is 5.19. The summed E-state index contributed by atoms with van der Waals surface area (Å²) in [5.41, 5.74) is 11.6. The van der Waals surface area contributed by atoms with Crippen LogP contribution < -0.4 is 32.4 Å². The average Bonchev–Trinajstić information content (AvgIpc) is 2.69. The number of aromatic amines is 1. The van der Waals surface area contributed by atoms with Crippen molar-refractivity contribution in [3.63, 3.8) is 0 Å². The van der Waals surface area contributed by atoms with Crippen LogP contribution in [0.2, 0.25) is 0 Å². The van der Waals surface area contributed by atoms with Crippen LogP contribution in [0.3, 0.4) is 0 Å². The number of nitrogens with one attached hydrogen (secondary N) is 4. The van der Waals surface area contributed by atoms with Crippen LogP contribution in [0.5, 0.6) is 0 Å². The van der Waals surface area contributed by atoms with Crippen molar-refractivity contribution in [3.05, 3.63) is 39.7 Å². The third-order valence-corrected chi connectivity index (χ3v) is 7.13. The lowest BCUT2D eigenvalue weighted by Gasteiger charge is -2.29. The van der Waals surface area contributed by atoms with Crippen molar-refractivity contribution in [1.82, 2.24) is 14.7 Å². The molecule has 0 aliphatic heterocycles. The van der Waals surface area contributed by atoms with Crippen LogP contribution in [0.25, 0.3) is 0 Å². The molecular formula is C21H31N7O4S. The van der Waals surface area contributed by atoms with Crippen molar-refractivity contribution < 1.29 is 13.2 Å². The highest BCUT2D eigenvalue weighted by Gasteiger charge is 2.24. The van der Waals surface area contributed by atoms with Gasteiger partial charge in [-0.1, -0.05) is 18.9 Å². The number of aryl methyl sites for hydroxylation is 1. The molecule has 3 rings (SSSR count). The predicted octanol–water partition coefficient (Wildman–Crippen LogP) is 1.29. The van der Waals surface area contributed by atoms with E-state index in [1.165, 1.54) is 12.1 Å². The number of amides is 1. The van der Waals surface area contributed by atoms with E-state index in [-0.39, 0.29) is 40.4 Å². The number of hydrogen-bond donors (Lipinski definition) is 6. The quantitative estimate of drug-likeness (QED) is 0.328. The van der Waals surface area contributed by atoms with Crippen molar-refractivity contribution in [2.24, 2.45) is 11.5 Å². The number of H-pyrrole nitrogens is 1. The van der Waals surface area contributed by atoms with E-state index in [0.717, 1.165) is 25.7 Å². The number of benzene rings is 1. The summed E-state index contributed by atoms with van der Waals surface area (Å²) >= 11 is 0. The number of primary amides is 1. The van der Waals surface area contributed by atoms with E-state index in [0.29, 0.717) is 11.3 Å². The van der Waals surface area contributed by atoms with Gasteiger partial charge in [-0.25, -0.2) is 13.1 Å². The summed E-state index contributed by atoms with van der Waals surface area (Å²) < 4.78 is 27.7. The SMILES string of the molecule is Cc1ccc(S(=O)(=O)NC(C)C)cc1Nc1nc(N[C@H]2CCCC[C@@H]2N)[nH]c(=O)c1C(N)=O. The van der Waals surface area contributed by atoms with Crippen molar-refractivity contribution in [2.45, 2.75) is 69.5 Å². The van der Waals surface area contributed by atoms with Gasteiger partial charge in [0.2, 0.25) is 16.0 Å². The number of anilines is 3. The molecule has 0 radical (unpaired) electrons. The van der Waals surface area contributed by atoms with Gasteiger partial charge in [-0.2, -0.15) is 4.98 Å². The maximum atomic E-state index is 12.6. The second-order valence-electron chi connectivity index (χ2n) is 8.58. The minimum atomic E-state index is -3.76. The standard InChI is InChI=1S/C21H31N7O4S/c1-11(2)28-33(31,32)13-9-8-12(3)16(10-13)24-19-17(18(23)29)20(30)27-21(26-19)25-15-7-5-4-6-14(15)22/h8-11,14-15,28H,4-7,22H2,1-3H3,(H2,23,29)(H3,24,25,26,27,30)/t14-,15-/m0/s1. The number of carbonyl (C=O) groups is 1. The lowest BCUT2D eigenvalue weighted by molar-refractivity contribution is 0.0999. The molecule has 1 heterocycles. The van der Waals surface area contributed by atoms with Gasteiger partial charge in [-0.15, -0.1) is 0 Å². The molecule has 1 aromatic carbocycles. The Morgan fingerprint density at radius 2 is 1.94 bits per heavy atom. The molecule has 1 fully saturated rings. The summed E-state index contributed by atoms with van der Waals surface area (Å²) in [5.74, 6) is -0.888. The maximum Gasteiger partial charge on any atom is 0.267 e. The zero-order chi connectivity index (χ0) is 24.3. The van der Waals surface area contributed by atoms with E-state index < -0.39 is 21.5 Å². The number of nitrogens with two attached hydrogens (primary N) is 2. The van der Waals surface area contributed by atoms with Crippen molar-refractivity contribution >= 4 is 33.4 Å². The van der Waals surface area contributed by atoms with E-state index in [2.05, 4.69) is 25.3 Å². The highest BCUT2D eigenvalue weighted by Crippen LogP contribution is 2.26. The first-order valence-corrected chi connectivity index (χ1v) is 12.3. The minimum absolute atomic E-state index is 0.0290. The van der Waals surface area contributed by atoms with Gasteiger partial charge in [0.1, 0.15) is 5.56 Å². The monoisotopic (exact) mass is 477 g/mol. The highest BCUT2D eigenvalue weighted by molar-refractivity contribution is 7.89. The molecule has 33 heavy (non-hydrogen) atoms. The summed E-state index contributed by atoms with van der Waals surface area (Å²) in [6.07, 6.45) is 3.73. The third kappa shape index (κ3) is 5.89. The first-order valence-electron chi connectivity index (χ1n) is 10.8. The number of carbonyl (C=O) groups excluding carboxylic acids is 1. The van der Waals surface area contributed by atoms with Crippen LogP contribution in [-0.4, -0.2) is 42.4 Å². The van der Waals surface area contributed by atoms with Gasteiger partial charge in [-0.3, -0.25) is 14.6 Å². The molecule has 0 spiro atoms. The molecule has 0 bridgehead atoms. The topological polar surface area (TPSA) is 185 Å². The molecule has 0 unspecified atom stereocenters. The Bertz CT molecular complexity index is 1190. The van der Waals surface area contributed by atoms with Crippen molar-refractivity contribution in [2.75, 3.05) is 10.6 Å². The zero-order valence-corrected chi connectivity index (χ0v) is 19.8. The molecule has 1 amide bonds. The molecule has 2 atom stereocenters. The number of sulfonamides is 1. The summed E-state index contributed by atoms with van der Waals surface area (Å²) in [4.78, 5) is 31.6. The first-order chi connectivity index (χ1) is 15.5. The molecule has 0 saturated heterocycles. The largest absolute Gasteiger partial charge is 0.365 e. The van der Waals surface area contributed by atoms with E-state index >= 15 is 0 Å². The smallest absolute Gasteiger partial charge is 0.267 e. The Labute approximate surface area is 192 Å². The van der Waals surface area contributed by atoms with Crippen molar-refractivity contribution in [3.8, 4) is 0 Å². The van der Waals surface area contributed by atoms with Gasteiger partial charge in [0, 0.05) is 23.8 Å². The van der Waals surface area contributed by atoms with Crippen LogP contribution in [0.15, 0.2) is 27.9 Å². The minimum Gasteiger partial charge on any atom is -0.365 e. The highest BCUT2D eigenvalue weighted by atomic mass is 32.2. The summed E-state index contributed by atoms with van der Waals surface area (Å²) in [5, 5.41) is 6.07. The molecule has 1 aliphatic carbocycles. The van der Waals surface area contributed by atoms with Gasteiger partial charge < -0.3 is 22.1 Å². The lowest BCUT2D eigenvalue weighted by atomic mass is 9.91. The third-order valence-electron chi connectivity index (χ3n) is 5.47. The van der Waals surface area contributed by atoms with Gasteiger partial charge in [0.05, 0.1) is 4.90 Å². The molecule has 1 saturated carbocycles. The van der Waals surface area contributed by atoms with E-state index in [9.17, 15) is 18.0 Å². The van der Waals surface area contributed by atoms with Crippen LogP contribution in [0.4, 0.5) is 17.5 Å². The number of rotatable bonds is 8. The van der Waals surface area contributed by atoms with E-state index in [4.69, 9.17) is 11.5 Å². The maximum absolute atomic E-state index is 12.6. The molecule has 1 aliphatic rings. The summed E-state index contributed by atoms with van der Waals surface area (Å²) in [7, 11) is -3.76. The molecule has 1 aromatic heterocycles. The number of hydrogen-bond acceptors (Lipinski definition) is 8. The van der Waals surface area contributed by atoms with Gasteiger partial charge >= 0.3 is 0 Å². The second-order valence-corrected chi connectivity index (χ2v) is 10.3. The molecular weight excluding hydrogens is 446 g/mol. The Kier molecular flexibility index (Phi) is 7.40. The average molecular weight is 478 g/mol. The molecule has 8 N–H and O–H groups in total. The Morgan fingerprint density at radius 3 is 2.58 bits per heavy atom. The fraction of sp³-hybridized carbons (Fsp3) is 0.476. The normalized spacial score (nSPS) is 18.8. The van der Waals surface area contributed by atoms with Crippen molar-refractivity contribution in [1.29, 1.82) is 0 Å². The van der Waals surface area contributed by atoms with E-state index in [1.807, 2.05) is 0 Å². The fourth-order valence-electron chi connectivity index (χ4n) is 3.78. The molecule has 11 nitrogen and oxygen atoms in total. The van der Waals surface area contributed by atoms with Gasteiger partial charge in [0.25, 0.3) is 11.5 Å². The first kappa shape index (κ1) is 24.7. The van der Waals surface area contributed by atoms with Gasteiger partial charge in [0.15, 0.2) is 5.82 Å². The van der Waals surface area contributed by atoms with E-state index in [1.54, 1.807) is 26.8 Å². The lowest BCUT2D eigenvalue weighted by Crippen LogP contribution is -2.43. The van der Waals surface area contributed by atoms with Gasteiger partial charge in [-0.05, 0) is 51.3 Å². The summed E-state index contributed by atoms with van der Waals surface area (Å²) in [6, 6.07) is 4.05.